The van der Waals surface area contributed by atoms with Crippen molar-refractivity contribution in [3.8, 4) is 17.2 Å². The van der Waals surface area contributed by atoms with Crippen LogP contribution >= 0.6 is 0 Å². The monoisotopic (exact) mass is 627 g/mol. The summed E-state index contributed by atoms with van der Waals surface area (Å²) in [6, 6.07) is 23.8. The quantitative estimate of drug-likeness (QED) is 0.221. The lowest BCUT2D eigenvalue weighted by atomic mass is 9.94. The van der Waals surface area contributed by atoms with Gasteiger partial charge in [0.25, 0.3) is 0 Å². The molecule has 2 N–H and O–H groups in total. The molecule has 4 aliphatic heterocycles. The van der Waals surface area contributed by atoms with E-state index < -0.39 is 0 Å². The van der Waals surface area contributed by atoms with Crippen LogP contribution < -0.4 is 19.9 Å². The first-order chi connectivity index (χ1) is 23.0. The smallest absolute Gasteiger partial charge is 0.163 e. The molecule has 8 nitrogen and oxygen atoms in total. The van der Waals surface area contributed by atoms with E-state index in [0.29, 0.717) is 36.4 Å². The fraction of sp³-hybridized carbons (Fsp3) is 0.333. The average molecular weight is 628 g/mol. The molecule has 0 aromatic heterocycles. The first-order valence-corrected chi connectivity index (χ1v) is 16.6. The number of nitrogens with two attached hydrogens (primary N) is 1. The lowest BCUT2D eigenvalue weighted by Gasteiger charge is -2.34. The van der Waals surface area contributed by atoms with E-state index in [0.717, 1.165) is 72.0 Å². The maximum atomic E-state index is 6.36. The molecule has 4 aromatic rings. The standard InChI is InChI=1S/C39H41N5O3/c1-25-10-30-21-43-9-5-8-33(43)18-41-35(30)16-37(25)46-23-26-11-27(13-32(40)12-26)24-47-39-17-36-31(15-38(39)45-2)22-44-20-29-7-4-3-6-28(29)14-34(44)19-42-36/h3-4,6-7,10-13,15-19,33-34H,5,8-9,14,20-24,40H2,1-2H3. The Hall–Kier alpha value is -4.66. The molecule has 0 bridgehead atoms. The molecule has 4 heterocycles. The van der Waals surface area contributed by atoms with Gasteiger partial charge < -0.3 is 19.9 Å². The molecule has 47 heavy (non-hydrogen) atoms. The van der Waals surface area contributed by atoms with Gasteiger partial charge in [-0.3, -0.25) is 19.8 Å². The maximum absolute atomic E-state index is 6.36. The molecule has 4 aliphatic rings. The maximum Gasteiger partial charge on any atom is 0.163 e. The van der Waals surface area contributed by atoms with Crippen molar-refractivity contribution in [1.29, 1.82) is 0 Å². The number of hydrogen-bond donors (Lipinski definition) is 1. The number of hydrogen-bond acceptors (Lipinski definition) is 8. The van der Waals surface area contributed by atoms with Crippen LogP contribution in [0.1, 0.15) is 51.8 Å². The lowest BCUT2D eigenvalue weighted by Crippen LogP contribution is -2.40. The number of rotatable bonds is 7. The Bertz CT molecular complexity index is 1890. The SMILES string of the molecule is COc1cc2c(cc1OCc1cc(N)cc(COc3cc4c(cc3C)CN3CCCC3C=N4)c1)N=CC1Cc3ccccc3CN1C2. The Morgan fingerprint density at radius 1 is 0.723 bits per heavy atom. The summed E-state index contributed by atoms with van der Waals surface area (Å²) in [4.78, 5) is 14.8. The topological polar surface area (TPSA) is 84.9 Å². The van der Waals surface area contributed by atoms with E-state index in [4.69, 9.17) is 29.9 Å². The number of fused-ring (bicyclic) bond motifs is 5. The number of anilines is 1. The van der Waals surface area contributed by atoms with Crippen LogP contribution in [0.3, 0.4) is 0 Å². The van der Waals surface area contributed by atoms with Gasteiger partial charge in [0, 0.05) is 62.0 Å². The molecule has 0 aliphatic carbocycles. The minimum atomic E-state index is 0.264. The van der Waals surface area contributed by atoms with Crippen molar-refractivity contribution in [3.63, 3.8) is 0 Å². The number of aryl methyl sites for hydroxylation is 1. The van der Waals surface area contributed by atoms with Gasteiger partial charge in [-0.1, -0.05) is 24.3 Å². The molecule has 2 atom stereocenters. The van der Waals surface area contributed by atoms with E-state index >= 15 is 0 Å². The van der Waals surface area contributed by atoms with Crippen LogP contribution in [0.4, 0.5) is 17.1 Å². The van der Waals surface area contributed by atoms with Crippen LogP contribution in [0.5, 0.6) is 17.2 Å². The molecule has 8 rings (SSSR count). The highest BCUT2D eigenvalue weighted by Gasteiger charge is 2.29. The fourth-order valence-electron chi connectivity index (χ4n) is 7.44. The van der Waals surface area contributed by atoms with E-state index in [-0.39, 0.29) is 6.04 Å². The van der Waals surface area contributed by atoms with Crippen molar-refractivity contribution in [2.45, 2.75) is 71.1 Å². The summed E-state index contributed by atoms with van der Waals surface area (Å²) in [5.41, 5.74) is 17.2. The number of aliphatic imine (C=N–C) groups is 2. The van der Waals surface area contributed by atoms with Crippen molar-refractivity contribution < 1.29 is 14.2 Å². The highest BCUT2D eigenvalue weighted by Crippen LogP contribution is 2.39. The summed E-state index contributed by atoms with van der Waals surface area (Å²) < 4.78 is 18.5. The van der Waals surface area contributed by atoms with Crippen molar-refractivity contribution in [1.82, 2.24) is 9.80 Å². The van der Waals surface area contributed by atoms with Gasteiger partial charge in [0.15, 0.2) is 11.5 Å². The number of methoxy groups -OCH3 is 1. The molecule has 4 aromatic carbocycles. The molecule has 0 spiro atoms. The van der Waals surface area contributed by atoms with Crippen molar-refractivity contribution in [2.75, 3.05) is 19.4 Å². The Morgan fingerprint density at radius 3 is 2.17 bits per heavy atom. The van der Waals surface area contributed by atoms with E-state index in [1.54, 1.807) is 7.11 Å². The third-order valence-electron chi connectivity index (χ3n) is 9.93. The second-order valence-corrected chi connectivity index (χ2v) is 13.2. The first kappa shape index (κ1) is 29.7. The van der Waals surface area contributed by atoms with Crippen molar-refractivity contribution in [3.05, 3.63) is 106 Å². The van der Waals surface area contributed by atoms with Crippen LogP contribution in [0.2, 0.25) is 0 Å². The van der Waals surface area contributed by atoms with Gasteiger partial charge in [-0.15, -0.1) is 0 Å². The molecule has 0 radical (unpaired) electrons. The highest BCUT2D eigenvalue weighted by atomic mass is 16.5. The number of benzene rings is 4. The van der Waals surface area contributed by atoms with Gasteiger partial charge in [0.05, 0.1) is 18.5 Å². The van der Waals surface area contributed by atoms with Gasteiger partial charge in [-0.25, -0.2) is 0 Å². The van der Waals surface area contributed by atoms with Gasteiger partial charge in [0.2, 0.25) is 0 Å². The van der Waals surface area contributed by atoms with Crippen LogP contribution in [-0.4, -0.2) is 48.0 Å². The van der Waals surface area contributed by atoms with Crippen molar-refractivity contribution >= 4 is 29.5 Å². The summed E-state index contributed by atoms with van der Waals surface area (Å²) in [7, 11) is 1.68. The molecular weight excluding hydrogens is 586 g/mol. The van der Waals surface area contributed by atoms with Gasteiger partial charge in [0.1, 0.15) is 19.0 Å². The molecule has 0 saturated carbocycles. The Labute approximate surface area is 276 Å². The predicted octanol–water partition coefficient (Wildman–Crippen LogP) is 7.07. The fourth-order valence-corrected chi connectivity index (χ4v) is 7.44. The highest BCUT2D eigenvalue weighted by molar-refractivity contribution is 5.74. The van der Waals surface area contributed by atoms with E-state index in [9.17, 15) is 0 Å². The lowest BCUT2D eigenvalue weighted by molar-refractivity contribution is 0.212. The minimum absolute atomic E-state index is 0.264. The van der Waals surface area contributed by atoms with Crippen LogP contribution in [0, 0.1) is 6.92 Å². The summed E-state index contributed by atoms with van der Waals surface area (Å²) >= 11 is 0. The Kier molecular flexibility index (Phi) is 7.91. The zero-order chi connectivity index (χ0) is 31.9. The minimum Gasteiger partial charge on any atom is -0.493 e. The molecule has 240 valence electrons. The number of nitrogen functional groups attached to an aromatic ring is 1. The van der Waals surface area contributed by atoms with E-state index in [1.165, 1.54) is 29.5 Å². The molecular formula is C39H41N5O3. The summed E-state index contributed by atoms with van der Waals surface area (Å²) in [6.07, 6.45) is 7.59. The third-order valence-corrected chi connectivity index (χ3v) is 9.93. The van der Waals surface area contributed by atoms with Crippen LogP contribution in [-0.2, 0) is 39.3 Å². The van der Waals surface area contributed by atoms with Crippen molar-refractivity contribution in [2.24, 2.45) is 9.98 Å². The summed E-state index contributed by atoms with van der Waals surface area (Å²) in [5, 5.41) is 0. The second kappa shape index (κ2) is 12.5. The number of nitrogens with zero attached hydrogens (tertiary/aromatic N) is 4. The Morgan fingerprint density at radius 2 is 1.38 bits per heavy atom. The van der Waals surface area contributed by atoms with Gasteiger partial charge >= 0.3 is 0 Å². The summed E-state index contributed by atoms with van der Waals surface area (Å²) in [5.74, 6) is 2.20. The average Bonchev–Trinajstić information content (AvgIpc) is 3.35. The predicted molar refractivity (Wildman–Crippen MR) is 187 cm³/mol. The third kappa shape index (κ3) is 6.11. The molecule has 1 fully saturated rings. The molecule has 0 amide bonds. The zero-order valence-corrected chi connectivity index (χ0v) is 27.1. The summed E-state index contributed by atoms with van der Waals surface area (Å²) in [6.45, 7) is 6.63. The van der Waals surface area contributed by atoms with Gasteiger partial charge in [-0.05, 0) is 102 Å². The molecule has 1 saturated heterocycles. The van der Waals surface area contributed by atoms with Crippen LogP contribution in [0.15, 0.2) is 76.7 Å². The normalized spacial score (nSPS) is 19.9. The van der Waals surface area contributed by atoms with Crippen LogP contribution in [0.25, 0.3) is 0 Å². The Balaban J connectivity index is 0.961. The molecule has 8 heteroatoms. The van der Waals surface area contributed by atoms with Gasteiger partial charge in [-0.2, -0.15) is 0 Å². The molecule has 2 unspecified atom stereocenters. The van der Waals surface area contributed by atoms with E-state index in [2.05, 4.69) is 77.7 Å². The second-order valence-electron chi connectivity index (χ2n) is 13.2. The number of ether oxygens (including phenoxy) is 3. The zero-order valence-electron chi connectivity index (χ0n) is 27.1. The first-order valence-electron chi connectivity index (χ1n) is 16.6. The largest absolute Gasteiger partial charge is 0.493 e. The van der Waals surface area contributed by atoms with E-state index in [1.807, 2.05) is 18.2 Å².